The van der Waals surface area contributed by atoms with Crippen molar-refractivity contribution in [2.24, 2.45) is 0 Å². The van der Waals surface area contributed by atoms with E-state index in [0.717, 1.165) is 56.0 Å². The Bertz CT molecular complexity index is 1260. The van der Waals surface area contributed by atoms with Gasteiger partial charge in [0.1, 0.15) is 5.75 Å². The van der Waals surface area contributed by atoms with Crippen LogP contribution in [-0.4, -0.2) is 60.4 Å². The third-order valence-electron chi connectivity index (χ3n) is 6.21. The van der Waals surface area contributed by atoms with Gasteiger partial charge >= 0.3 is 0 Å². The van der Waals surface area contributed by atoms with Crippen molar-refractivity contribution in [2.45, 2.75) is 13.3 Å². The topological polar surface area (TPSA) is 99.9 Å². The number of anilines is 1. The zero-order chi connectivity index (χ0) is 24.4. The van der Waals surface area contributed by atoms with Crippen LogP contribution in [0.5, 0.6) is 5.75 Å². The second-order valence-electron chi connectivity index (χ2n) is 8.71. The number of fused-ring (bicyclic) bond motifs is 1. The number of halogens is 1. The van der Waals surface area contributed by atoms with E-state index in [2.05, 4.69) is 20.7 Å². The molecule has 2 aliphatic rings. The van der Waals surface area contributed by atoms with Gasteiger partial charge in [0, 0.05) is 49.9 Å². The Kier molecular flexibility index (Phi) is 6.77. The first-order valence-corrected chi connectivity index (χ1v) is 12.1. The molecule has 1 aromatic heterocycles. The molecule has 5 rings (SSSR count). The van der Waals surface area contributed by atoms with E-state index in [0.29, 0.717) is 28.6 Å². The van der Waals surface area contributed by atoms with E-state index in [1.807, 2.05) is 24.3 Å². The van der Waals surface area contributed by atoms with Crippen LogP contribution >= 0.6 is 11.6 Å². The fourth-order valence-electron chi connectivity index (χ4n) is 4.39. The second kappa shape index (κ2) is 10.1. The summed E-state index contributed by atoms with van der Waals surface area (Å²) in [5, 5.41) is 21.1. The first kappa shape index (κ1) is 23.4. The highest BCUT2D eigenvalue weighted by Crippen LogP contribution is 2.42. The molecule has 1 fully saturated rings. The summed E-state index contributed by atoms with van der Waals surface area (Å²) in [5.41, 5.74) is 3.43. The first-order chi connectivity index (χ1) is 17.0. The lowest BCUT2D eigenvalue weighted by atomic mass is 9.98. The monoisotopic (exact) mass is 494 g/mol. The Hall–Kier alpha value is -3.33. The Balaban J connectivity index is 1.32. The summed E-state index contributed by atoms with van der Waals surface area (Å²) in [5.74, 6) is 0.238. The highest BCUT2D eigenvalue weighted by atomic mass is 35.5. The van der Waals surface area contributed by atoms with E-state index in [-0.39, 0.29) is 17.1 Å². The van der Waals surface area contributed by atoms with Crippen LogP contribution in [0, 0.1) is 6.92 Å². The Morgan fingerprint density at radius 1 is 1.17 bits per heavy atom. The van der Waals surface area contributed by atoms with Crippen molar-refractivity contribution in [3.8, 4) is 16.9 Å². The van der Waals surface area contributed by atoms with Crippen LogP contribution in [0.15, 0.2) is 47.0 Å². The average molecular weight is 495 g/mol. The van der Waals surface area contributed by atoms with Crippen LogP contribution < -0.4 is 15.4 Å². The smallest absolute Gasteiger partial charge is 0.260 e. The Morgan fingerprint density at radius 3 is 2.66 bits per heavy atom. The molecule has 2 aromatic carbocycles. The molecule has 0 radical (unpaired) electrons. The number of ether oxygens (including phenoxy) is 1. The van der Waals surface area contributed by atoms with E-state index < -0.39 is 5.91 Å². The van der Waals surface area contributed by atoms with Crippen LogP contribution in [0.2, 0.25) is 5.02 Å². The number of aromatic nitrogens is 1. The summed E-state index contributed by atoms with van der Waals surface area (Å²) in [4.78, 5) is 15.1. The number of nitrogens with zero attached hydrogens (tertiary/aromatic N) is 2. The minimum atomic E-state index is -0.427. The molecule has 9 heteroatoms. The number of piperazine rings is 1. The van der Waals surface area contributed by atoms with Crippen molar-refractivity contribution >= 4 is 34.5 Å². The van der Waals surface area contributed by atoms with Crippen LogP contribution in [0.3, 0.4) is 0 Å². The molecule has 0 aliphatic carbocycles. The molecule has 8 nitrogen and oxygen atoms in total. The van der Waals surface area contributed by atoms with Gasteiger partial charge in [0.05, 0.1) is 28.6 Å². The molecule has 0 spiro atoms. The molecular formula is C26H27ClN4O4. The summed E-state index contributed by atoms with van der Waals surface area (Å²) < 4.78 is 11.1. The van der Waals surface area contributed by atoms with Gasteiger partial charge in [-0.2, -0.15) is 0 Å². The molecule has 182 valence electrons. The van der Waals surface area contributed by atoms with Crippen molar-refractivity contribution in [3.63, 3.8) is 0 Å². The molecule has 3 aromatic rings. The number of aliphatic hydroxyl groups excluding tert-OH is 1. The maximum Gasteiger partial charge on any atom is 0.260 e. The lowest BCUT2D eigenvalue weighted by Gasteiger charge is -2.26. The highest BCUT2D eigenvalue weighted by molar-refractivity contribution is 6.38. The molecular weight excluding hydrogens is 468 g/mol. The molecule has 2 aliphatic heterocycles. The molecule has 0 saturated carbocycles. The molecule has 35 heavy (non-hydrogen) atoms. The van der Waals surface area contributed by atoms with Crippen LogP contribution in [-0.2, 0) is 4.79 Å². The fourth-order valence-corrected chi connectivity index (χ4v) is 4.66. The van der Waals surface area contributed by atoms with Crippen molar-refractivity contribution in [2.75, 3.05) is 44.6 Å². The zero-order valence-electron chi connectivity index (χ0n) is 19.4. The zero-order valence-corrected chi connectivity index (χ0v) is 20.2. The predicted molar refractivity (Wildman–Crippen MR) is 136 cm³/mol. The van der Waals surface area contributed by atoms with Crippen LogP contribution in [0.1, 0.15) is 23.4 Å². The third kappa shape index (κ3) is 5.05. The molecule has 0 unspecified atom stereocenters. The van der Waals surface area contributed by atoms with Gasteiger partial charge in [0.2, 0.25) is 5.76 Å². The first-order valence-electron chi connectivity index (χ1n) is 11.7. The molecule has 3 N–H and O–H groups in total. The van der Waals surface area contributed by atoms with Gasteiger partial charge in [-0.1, -0.05) is 28.9 Å². The number of rotatable bonds is 7. The van der Waals surface area contributed by atoms with Gasteiger partial charge in [0.25, 0.3) is 5.91 Å². The van der Waals surface area contributed by atoms with Crippen LogP contribution in [0.25, 0.3) is 22.5 Å². The van der Waals surface area contributed by atoms with E-state index >= 15 is 0 Å². The van der Waals surface area contributed by atoms with E-state index in [4.69, 9.17) is 20.9 Å². The number of hydrogen-bond acceptors (Lipinski definition) is 7. The summed E-state index contributed by atoms with van der Waals surface area (Å²) in [6, 6.07) is 12.8. The normalized spacial score (nSPS) is 17.3. The number of benzene rings is 2. The third-order valence-corrected chi connectivity index (χ3v) is 6.53. The van der Waals surface area contributed by atoms with Crippen molar-refractivity contribution in [1.82, 2.24) is 15.4 Å². The maximum atomic E-state index is 12.6. The van der Waals surface area contributed by atoms with E-state index in [1.54, 1.807) is 25.1 Å². The minimum Gasteiger partial charge on any atom is -0.504 e. The number of carbonyl (C=O) groups is 1. The number of nitrogens with one attached hydrogen (secondary N) is 2. The minimum absolute atomic E-state index is 0.124. The van der Waals surface area contributed by atoms with Gasteiger partial charge in [-0.05, 0) is 43.2 Å². The quantitative estimate of drug-likeness (QED) is 0.255. The number of amides is 1. The van der Waals surface area contributed by atoms with Gasteiger partial charge in [-0.3, -0.25) is 4.79 Å². The second-order valence-corrected chi connectivity index (χ2v) is 9.11. The number of aryl methyl sites for hydroxylation is 1. The summed E-state index contributed by atoms with van der Waals surface area (Å²) in [6.45, 7) is 7.71. The van der Waals surface area contributed by atoms with Crippen molar-refractivity contribution in [1.29, 1.82) is 0 Å². The molecule has 0 atom stereocenters. The van der Waals surface area contributed by atoms with Crippen molar-refractivity contribution < 1.29 is 19.2 Å². The maximum absolute atomic E-state index is 12.6. The van der Waals surface area contributed by atoms with Crippen LogP contribution in [0.4, 0.5) is 5.69 Å². The van der Waals surface area contributed by atoms with E-state index in [1.165, 1.54) is 0 Å². The molecule has 1 amide bonds. The summed E-state index contributed by atoms with van der Waals surface area (Å²) >= 11 is 6.56. The van der Waals surface area contributed by atoms with Gasteiger partial charge in [-0.25, -0.2) is 0 Å². The lowest BCUT2D eigenvalue weighted by molar-refractivity contribution is -0.110. The SMILES string of the molecule is Cc1cc(/C(O)=C2\C(=O)Nc3cc(Cl)c(-c4ccc(OCCCN5CCNCC5)cc4)cc32)on1. The Labute approximate surface area is 208 Å². The number of hydrogen-bond donors (Lipinski definition) is 3. The standard InChI is InChI=1S/C26H27ClN4O4/c1-16-13-23(35-30-16)25(32)24-20-14-19(21(27)15-22(20)29-26(24)33)17-3-5-18(6-4-17)34-12-2-9-31-10-7-28-8-11-31/h3-6,13-15,28,32H,2,7-12H2,1H3,(H,29,33)/b25-24+. The number of aliphatic hydroxyl groups is 1. The van der Waals surface area contributed by atoms with Crippen molar-refractivity contribution in [3.05, 3.63) is 64.5 Å². The largest absolute Gasteiger partial charge is 0.504 e. The van der Waals surface area contributed by atoms with Gasteiger partial charge in [-0.15, -0.1) is 0 Å². The lowest BCUT2D eigenvalue weighted by Crippen LogP contribution is -2.43. The Morgan fingerprint density at radius 2 is 1.94 bits per heavy atom. The molecule has 3 heterocycles. The number of carbonyl (C=O) groups excluding carboxylic acids is 1. The van der Waals surface area contributed by atoms with Gasteiger partial charge in [0.15, 0.2) is 5.76 Å². The van der Waals surface area contributed by atoms with E-state index in [9.17, 15) is 9.90 Å². The molecule has 1 saturated heterocycles. The van der Waals surface area contributed by atoms with Gasteiger partial charge < -0.3 is 29.9 Å². The predicted octanol–water partition coefficient (Wildman–Crippen LogP) is 4.36. The molecule has 0 bridgehead atoms. The average Bonchev–Trinajstić information content (AvgIpc) is 3.44. The summed E-state index contributed by atoms with van der Waals surface area (Å²) in [7, 11) is 0. The summed E-state index contributed by atoms with van der Waals surface area (Å²) in [6.07, 6.45) is 0.975. The highest BCUT2D eigenvalue weighted by Gasteiger charge is 2.31. The fraction of sp³-hybridized carbons (Fsp3) is 0.308.